The Morgan fingerprint density at radius 1 is 1.55 bits per heavy atom. The molecular formula is C13H20FN3O3. The summed E-state index contributed by atoms with van der Waals surface area (Å²) in [7, 11) is 1.52. The SMILES string of the molecule is COCC(O)CCNCc1ccc(/C(N)=N/O)cc1F. The molecule has 6 nitrogen and oxygen atoms in total. The highest BCUT2D eigenvalue weighted by Gasteiger charge is 2.07. The Kier molecular flexibility index (Phi) is 6.92. The lowest BCUT2D eigenvalue weighted by Crippen LogP contribution is -2.23. The van der Waals surface area contributed by atoms with Crippen LogP contribution in [0, 0.1) is 5.82 Å². The number of aliphatic hydroxyl groups excluding tert-OH is 1. The lowest BCUT2D eigenvalue weighted by atomic mass is 10.1. The molecule has 0 aromatic heterocycles. The fourth-order valence-electron chi connectivity index (χ4n) is 1.68. The Bertz CT molecular complexity index is 454. The molecule has 112 valence electrons. The van der Waals surface area contributed by atoms with E-state index in [0.717, 1.165) is 0 Å². The van der Waals surface area contributed by atoms with Crippen LogP contribution in [0.15, 0.2) is 23.4 Å². The van der Waals surface area contributed by atoms with Gasteiger partial charge in [0, 0.05) is 24.8 Å². The van der Waals surface area contributed by atoms with Crippen LogP contribution in [0.1, 0.15) is 17.5 Å². The summed E-state index contributed by atoms with van der Waals surface area (Å²) in [6.45, 7) is 1.17. The van der Waals surface area contributed by atoms with Crippen LogP contribution in [0.4, 0.5) is 4.39 Å². The number of halogens is 1. The summed E-state index contributed by atoms with van der Waals surface area (Å²) < 4.78 is 18.6. The van der Waals surface area contributed by atoms with Gasteiger partial charge < -0.3 is 26.1 Å². The minimum atomic E-state index is -0.528. The first-order valence-corrected chi connectivity index (χ1v) is 6.22. The van der Waals surface area contributed by atoms with Crippen molar-refractivity contribution in [1.82, 2.24) is 5.32 Å². The van der Waals surface area contributed by atoms with Gasteiger partial charge in [0.25, 0.3) is 0 Å². The van der Waals surface area contributed by atoms with Gasteiger partial charge in [0.1, 0.15) is 5.82 Å². The molecule has 0 radical (unpaired) electrons. The molecule has 20 heavy (non-hydrogen) atoms. The number of nitrogens with zero attached hydrogens (tertiary/aromatic N) is 1. The van der Waals surface area contributed by atoms with E-state index in [1.54, 1.807) is 12.1 Å². The van der Waals surface area contributed by atoms with Crippen molar-refractivity contribution in [3.05, 3.63) is 35.1 Å². The molecule has 0 heterocycles. The molecule has 1 aromatic carbocycles. The number of amidine groups is 1. The van der Waals surface area contributed by atoms with Crippen molar-refractivity contribution < 1.29 is 19.4 Å². The minimum Gasteiger partial charge on any atom is -0.409 e. The second-order valence-electron chi connectivity index (χ2n) is 4.37. The smallest absolute Gasteiger partial charge is 0.170 e. The third-order valence-corrected chi connectivity index (χ3v) is 2.79. The van der Waals surface area contributed by atoms with Gasteiger partial charge in [-0.3, -0.25) is 0 Å². The number of aliphatic hydroxyl groups is 1. The van der Waals surface area contributed by atoms with Crippen LogP contribution in [0.5, 0.6) is 0 Å². The number of nitrogens with one attached hydrogen (secondary N) is 1. The zero-order valence-corrected chi connectivity index (χ0v) is 11.3. The largest absolute Gasteiger partial charge is 0.409 e. The maximum absolute atomic E-state index is 13.8. The standard InChI is InChI=1S/C13H20FN3O3/c1-20-8-11(18)4-5-16-7-10-3-2-9(6-12(10)14)13(15)17-19/h2-3,6,11,16,18-19H,4-5,7-8H2,1H3,(H2,15,17). The fraction of sp³-hybridized carbons (Fsp3) is 0.462. The van der Waals surface area contributed by atoms with Crippen molar-refractivity contribution in [2.24, 2.45) is 10.9 Å². The molecule has 1 rings (SSSR count). The van der Waals surface area contributed by atoms with Crippen molar-refractivity contribution in [3.8, 4) is 0 Å². The van der Waals surface area contributed by atoms with Gasteiger partial charge >= 0.3 is 0 Å². The van der Waals surface area contributed by atoms with E-state index in [1.165, 1.54) is 13.2 Å². The number of rotatable bonds is 8. The summed E-state index contributed by atoms with van der Waals surface area (Å²) >= 11 is 0. The lowest BCUT2D eigenvalue weighted by molar-refractivity contribution is 0.0594. The van der Waals surface area contributed by atoms with Gasteiger partial charge in [-0.15, -0.1) is 0 Å². The molecule has 0 bridgehead atoms. The molecule has 1 aromatic rings. The van der Waals surface area contributed by atoms with E-state index in [9.17, 15) is 9.50 Å². The molecule has 0 amide bonds. The van der Waals surface area contributed by atoms with E-state index in [1.807, 2.05) is 0 Å². The van der Waals surface area contributed by atoms with Crippen LogP contribution >= 0.6 is 0 Å². The normalized spacial score (nSPS) is 13.4. The maximum Gasteiger partial charge on any atom is 0.170 e. The second-order valence-corrected chi connectivity index (χ2v) is 4.37. The fourth-order valence-corrected chi connectivity index (χ4v) is 1.68. The Balaban J connectivity index is 2.45. The van der Waals surface area contributed by atoms with Crippen LogP contribution in [0.3, 0.4) is 0 Å². The van der Waals surface area contributed by atoms with Gasteiger partial charge in [0.05, 0.1) is 12.7 Å². The summed E-state index contributed by atoms with van der Waals surface area (Å²) in [5, 5.41) is 23.8. The van der Waals surface area contributed by atoms with Crippen LogP contribution in [0.25, 0.3) is 0 Å². The molecular weight excluding hydrogens is 265 g/mol. The number of oxime groups is 1. The molecule has 1 atom stereocenters. The number of ether oxygens (including phenoxy) is 1. The maximum atomic E-state index is 13.8. The Hall–Kier alpha value is -1.70. The van der Waals surface area contributed by atoms with E-state index in [-0.39, 0.29) is 12.4 Å². The molecule has 0 spiro atoms. The molecule has 0 aliphatic carbocycles. The first-order chi connectivity index (χ1) is 9.58. The average Bonchev–Trinajstić information content (AvgIpc) is 2.44. The van der Waals surface area contributed by atoms with Crippen LogP contribution in [0.2, 0.25) is 0 Å². The summed E-state index contributed by atoms with van der Waals surface area (Å²) in [5.41, 5.74) is 6.17. The number of benzene rings is 1. The van der Waals surface area contributed by atoms with E-state index < -0.39 is 11.9 Å². The van der Waals surface area contributed by atoms with Crippen molar-refractivity contribution in [2.45, 2.75) is 19.1 Å². The van der Waals surface area contributed by atoms with Gasteiger partial charge in [0.2, 0.25) is 0 Å². The molecule has 7 heteroatoms. The van der Waals surface area contributed by atoms with Crippen molar-refractivity contribution in [2.75, 3.05) is 20.3 Å². The van der Waals surface area contributed by atoms with Gasteiger partial charge in [-0.2, -0.15) is 0 Å². The summed E-state index contributed by atoms with van der Waals surface area (Å²) in [6.07, 6.45) is -0.00205. The summed E-state index contributed by atoms with van der Waals surface area (Å²) in [5.74, 6) is -0.565. The van der Waals surface area contributed by atoms with Crippen LogP contribution in [-0.4, -0.2) is 42.5 Å². The topological polar surface area (TPSA) is 100 Å². The molecule has 0 saturated carbocycles. The molecule has 0 aliphatic rings. The van der Waals surface area contributed by atoms with E-state index in [0.29, 0.717) is 30.6 Å². The minimum absolute atomic E-state index is 0.133. The van der Waals surface area contributed by atoms with Gasteiger partial charge in [-0.1, -0.05) is 17.3 Å². The quantitative estimate of drug-likeness (QED) is 0.182. The Morgan fingerprint density at radius 2 is 2.30 bits per heavy atom. The molecule has 1 unspecified atom stereocenters. The number of methoxy groups -OCH3 is 1. The third kappa shape index (κ3) is 5.12. The van der Waals surface area contributed by atoms with Crippen molar-refractivity contribution in [3.63, 3.8) is 0 Å². The van der Waals surface area contributed by atoms with Gasteiger partial charge in [0.15, 0.2) is 5.84 Å². The molecule has 0 saturated heterocycles. The first-order valence-electron chi connectivity index (χ1n) is 6.22. The van der Waals surface area contributed by atoms with Gasteiger partial charge in [-0.05, 0) is 19.0 Å². The molecule has 0 fully saturated rings. The molecule has 5 N–H and O–H groups in total. The Morgan fingerprint density at radius 3 is 2.90 bits per heavy atom. The van der Waals surface area contributed by atoms with Gasteiger partial charge in [-0.25, -0.2) is 4.39 Å². The second kappa shape index (κ2) is 8.47. The number of hydrogen-bond donors (Lipinski definition) is 4. The van der Waals surface area contributed by atoms with Crippen LogP contribution in [-0.2, 0) is 11.3 Å². The predicted octanol–water partition coefficient (Wildman–Crippen LogP) is 0.407. The third-order valence-electron chi connectivity index (χ3n) is 2.79. The molecule has 0 aliphatic heterocycles. The summed E-state index contributed by atoms with van der Waals surface area (Å²) in [6, 6.07) is 4.36. The van der Waals surface area contributed by atoms with E-state index >= 15 is 0 Å². The lowest BCUT2D eigenvalue weighted by Gasteiger charge is -2.10. The predicted molar refractivity (Wildman–Crippen MR) is 73.1 cm³/mol. The number of hydrogen-bond acceptors (Lipinski definition) is 5. The number of nitrogens with two attached hydrogens (primary N) is 1. The average molecular weight is 285 g/mol. The zero-order chi connectivity index (χ0) is 15.0. The zero-order valence-electron chi connectivity index (χ0n) is 11.3. The summed E-state index contributed by atoms with van der Waals surface area (Å²) in [4.78, 5) is 0. The van der Waals surface area contributed by atoms with E-state index in [2.05, 4.69) is 10.5 Å². The highest BCUT2D eigenvalue weighted by Crippen LogP contribution is 2.10. The van der Waals surface area contributed by atoms with E-state index in [4.69, 9.17) is 15.7 Å². The monoisotopic (exact) mass is 285 g/mol. The van der Waals surface area contributed by atoms with Crippen molar-refractivity contribution >= 4 is 5.84 Å². The van der Waals surface area contributed by atoms with Crippen molar-refractivity contribution in [1.29, 1.82) is 0 Å². The highest BCUT2D eigenvalue weighted by molar-refractivity contribution is 5.97. The first kappa shape index (κ1) is 16.4. The van der Waals surface area contributed by atoms with Crippen LogP contribution < -0.4 is 11.1 Å². The highest BCUT2D eigenvalue weighted by atomic mass is 19.1. The Labute approximate surface area is 117 Å².